The predicted molar refractivity (Wildman–Crippen MR) is 81.4 cm³/mol. The van der Waals surface area contributed by atoms with Gasteiger partial charge in [0.05, 0.1) is 0 Å². The van der Waals surface area contributed by atoms with Crippen molar-refractivity contribution in [1.82, 2.24) is 0 Å². The molecule has 0 aliphatic rings. The molecule has 0 nitrogen and oxygen atoms in total. The molecule has 0 aromatic heterocycles. The Labute approximate surface area is 119 Å². The van der Waals surface area contributed by atoms with Gasteiger partial charge in [-0.1, -0.05) is 68.7 Å². The zero-order valence-electron chi connectivity index (χ0n) is 12.0. The van der Waals surface area contributed by atoms with Gasteiger partial charge in [-0.2, -0.15) is 0 Å². The fraction of sp³-hybridized carbons (Fsp3) is 0.444. The number of fused-ring (bicyclic) bond motifs is 1. The molecule has 0 aliphatic carbocycles. The van der Waals surface area contributed by atoms with Crippen LogP contribution in [0.1, 0.15) is 44.6 Å². The van der Waals surface area contributed by atoms with Crippen molar-refractivity contribution in [2.24, 2.45) is 0 Å². The van der Waals surface area contributed by atoms with Crippen LogP contribution in [0.15, 0.2) is 42.5 Å². The molecular formula is C18H22F2. The minimum Gasteiger partial charge on any atom is -0.207 e. The van der Waals surface area contributed by atoms with Crippen LogP contribution >= 0.6 is 0 Å². The van der Waals surface area contributed by atoms with Gasteiger partial charge >= 0.3 is 0 Å². The van der Waals surface area contributed by atoms with E-state index >= 15 is 0 Å². The lowest BCUT2D eigenvalue weighted by molar-refractivity contribution is -0.00918. The maximum atomic E-state index is 14.1. The normalized spacial score (nSPS) is 11.9. The Kier molecular flexibility index (Phi) is 5.11. The largest absolute Gasteiger partial charge is 0.252 e. The van der Waals surface area contributed by atoms with Crippen molar-refractivity contribution < 1.29 is 8.78 Å². The molecular weight excluding hydrogens is 254 g/mol. The van der Waals surface area contributed by atoms with Crippen LogP contribution in [0.25, 0.3) is 10.8 Å². The molecule has 0 unspecified atom stereocenters. The van der Waals surface area contributed by atoms with Gasteiger partial charge in [0.25, 0.3) is 5.92 Å². The SMILES string of the molecule is CCCCCCC(F)(F)Cc1cccc2ccccc12. The first-order valence-electron chi connectivity index (χ1n) is 7.47. The van der Waals surface area contributed by atoms with Crippen LogP contribution in [0.3, 0.4) is 0 Å². The van der Waals surface area contributed by atoms with E-state index in [4.69, 9.17) is 0 Å². The molecule has 0 amide bonds. The van der Waals surface area contributed by atoms with Crippen LogP contribution in [-0.4, -0.2) is 5.92 Å². The molecule has 0 fully saturated rings. The Hall–Kier alpha value is -1.44. The second-order valence-corrected chi connectivity index (χ2v) is 5.48. The zero-order chi connectivity index (χ0) is 14.4. The summed E-state index contributed by atoms with van der Waals surface area (Å²) in [6, 6.07) is 13.4. The Bertz CT molecular complexity index is 541. The van der Waals surface area contributed by atoms with E-state index in [2.05, 4.69) is 6.92 Å². The van der Waals surface area contributed by atoms with Crippen LogP contribution < -0.4 is 0 Å². The number of alkyl halides is 2. The molecule has 0 N–H and O–H groups in total. The summed E-state index contributed by atoms with van der Waals surface area (Å²) in [7, 11) is 0. The second kappa shape index (κ2) is 6.83. The third-order valence-corrected chi connectivity index (χ3v) is 3.73. The van der Waals surface area contributed by atoms with Crippen LogP contribution in [0.4, 0.5) is 8.78 Å². The fourth-order valence-electron chi connectivity index (χ4n) is 2.62. The number of hydrogen-bond acceptors (Lipinski definition) is 0. The summed E-state index contributed by atoms with van der Waals surface area (Å²) >= 11 is 0. The number of halogens is 2. The summed E-state index contributed by atoms with van der Waals surface area (Å²) in [5.41, 5.74) is 0.753. The standard InChI is InChI=1S/C18H22F2/c1-2-3-4-7-13-18(19,20)14-16-11-8-10-15-9-5-6-12-17(15)16/h5-6,8-12H,2-4,7,13-14H2,1H3. The lowest BCUT2D eigenvalue weighted by atomic mass is 9.97. The molecule has 0 bridgehead atoms. The van der Waals surface area contributed by atoms with E-state index in [1.165, 1.54) is 0 Å². The Balaban J connectivity index is 2.07. The molecule has 2 rings (SSSR count). The van der Waals surface area contributed by atoms with Gasteiger partial charge in [0, 0.05) is 12.8 Å². The first-order valence-corrected chi connectivity index (χ1v) is 7.47. The Morgan fingerprint density at radius 3 is 2.45 bits per heavy atom. The maximum absolute atomic E-state index is 14.1. The summed E-state index contributed by atoms with van der Waals surface area (Å²) in [5, 5.41) is 1.98. The third kappa shape index (κ3) is 4.03. The summed E-state index contributed by atoms with van der Waals surface area (Å²) in [6.07, 6.45) is 3.49. The second-order valence-electron chi connectivity index (χ2n) is 5.48. The van der Waals surface area contributed by atoms with Crippen LogP contribution in [-0.2, 0) is 6.42 Å². The average Bonchev–Trinajstić information content (AvgIpc) is 2.44. The smallest absolute Gasteiger partial charge is 0.207 e. The van der Waals surface area contributed by atoms with Crippen molar-refractivity contribution in [2.45, 2.75) is 51.4 Å². The van der Waals surface area contributed by atoms with Crippen molar-refractivity contribution in [2.75, 3.05) is 0 Å². The van der Waals surface area contributed by atoms with Gasteiger partial charge in [-0.15, -0.1) is 0 Å². The highest BCUT2D eigenvalue weighted by Gasteiger charge is 2.28. The van der Waals surface area contributed by atoms with E-state index < -0.39 is 5.92 Å². The lowest BCUT2D eigenvalue weighted by Gasteiger charge is -2.17. The quantitative estimate of drug-likeness (QED) is 0.545. The fourth-order valence-corrected chi connectivity index (χ4v) is 2.62. The molecule has 0 saturated heterocycles. The van der Waals surface area contributed by atoms with E-state index in [1.54, 1.807) is 0 Å². The highest BCUT2D eigenvalue weighted by molar-refractivity contribution is 5.85. The highest BCUT2D eigenvalue weighted by atomic mass is 19.3. The number of unbranched alkanes of at least 4 members (excludes halogenated alkanes) is 3. The van der Waals surface area contributed by atoms with Gasteiger partial charge in [-0.3, -0.25) is 0 Å². The van der Waals surface area contributed by atoms with Crippen molar-refractivity contribution in [3.8, 4) is 0 Å². The van der Waals surface area contributed by atoms with Gasteiger partial charge in [-0.05, 0) is 22.8 Å². The summed E-state index contributed by atoms with van der Waals surface area (Å²) in [6.45, 7) is 2.09. The third-order valence-electron chi connectivity index (χ3n) is 3.73. The zero-order valence-corrected chi connectivity index (χ0v) is 12.0. The lowest BCUT2D eigenvalue weighted by Crippen LogP contribution is -2.19. The van der Waals surface area contributed by atoms with Crippen LogP contribution in [0.5, 0.6) is 0 Å². The molecule has 0 saturated carbocycles. The van der Waals surface area contributed by atoms with Gasteiger partial charge in [0.15, 0.2) is 0 Å². The first-order chi connectivity index (χ1) is 9.62. The van der Waals surface area contributed by atoms with Crippen molar-refractivity contribution >= 4 is 10.8 Å². The molecule has 2 aromatic carbocycles. The van der Waals surface area contributed by atoms with Crippen LogP contribution in [0, 0.1) is 0 Å². The summed E-state index contributed by atoms with van der Waals surface area (Å²) < 4.78 is 28.1. The van der Waals surface area contributed by atoms with Gasteiger partial charge < -0.3 is 0 Å². The Morgan fingerprint density at radius 1 is 0.900 bits per heavy atom. The number of benzene rings is 2. The molecule has 0 atom stereocenters. The molecule has 0 heterocycles. The first kappa shape index (κ1) is 15.0. The number of rotatable bonds is 7. The number of hydrogen-bond donors (Lipinski definition) is 0. The minimum absolute atomic E-state index is 0.00375. The van der Waals surface area contributed by atoms with E-state index in [-0.39, 0.29) is 12.8 Å². The van der Waals surface area contributed by atoms with E-state index in [1.807, 2.05) is 42.5 Å². The summed E-state index contributed by atoms with van der Waals surface area (Å²) in [4.78, 5) is 0. The molecule has 2 heteroatoms. The van der Waals surface area contributed by atoms with Gasteiger partial charge in [0.2, 0.25) is 0 Å². The van der Waals surface area contributed by atoms with Crippen molar-refractivity contribution in [1.29, 1.82) is 0 Å². The van der Waals surface area contributed by atoms with E-state index in [0.29, 0.717) is 6.42 Å². The van der Waals surface area contributed by atoms with Gasteiger partial charge in [0.1, 0.15) is 0 Å². The minimum atomic E-state index is -2.60. The molecule has 0 radical (unpaired) electrons. The van der Waals surface area contributed by atoms with Crippen molar-refractivity contribution in [3.05, 3.63) is 48.0 Å². The average molecular weight is 276 g/mol. The molecule has 108 valence electrons. The molecule has 0 aliphatic heterocycles. The van der Waals surface area contributed by atoms with Crippen molar-refractivity contribution in [3.63, 3.8) is 0 Å². The van der Waals surface area contributed by atoms with Gasteiger partial charge in [-0.25, -0.2) is 8.78 Å². The molecule has 0 spiro atoms. The maximum Gasteiger partial charge on any atom is 0.252 e. The topological polar surface area (TPSA) is 0 Å². The predicted octanol–water partition coefficient (Wildman–Crippen LogP) is 5.99. The monoisotopic (exact) mass is 276 g/mol. The van der Waals surface area contributed by atoms with E-state index in [0.717, 1.165) is 35.6 Å². The summed E-state index contributed by atoms with van der Waals surface area (Å²) in [5.74, 6) is -2.60. The van der Waals surface area contributed by atoms with Crippen LogP contribution in [0.2, 0.25) is 0 Å². The Morgan fingerprint density at radius 2 is 1.65 bits per heavy atom. The molecule has 20 heavy (non-hydrogen) atoms. The molecule has 2 aromatic rings. The van der Waals surface area contributed by atoms with E-state index in [9.17, 15) is 8.78 Å². The highest BCUT2D eigenvalue weighted by Crippen LogP contribution is 2.30.